The van der Waals surface area contributed by atoms with Gasteiger partial charge in [0.1, 0.15) is 7.28 Å². The zero-order chi connectivity index (χ0) is 17.9. The normalized spacial score (nSPS) is 31.9. The molecule has 1 fully saturated rings. The molecule has 131 valence electrons. The highest BCUT2D eigenvalue weighted by Gasteiger charge is 2.42. The van der Waals surface area contributed by atoms with Crippen molar-refractivity contribution in [3.8, 4) is 0 Å². The van der Waals surface area contributed by atoms with E-state index in [2.05, 4.69) is 62.7 Å². The molecular weight excluding hydrogens is 274 g/mol. The van der Waals surface area contributed by atoms with E-state index in [1.54, 1.807) is 0 Å². The summed E-state index contributed by atoms with van der Waals surface area (Å²) in [7, 11) is 9.53. The van der Waals surface area contributed by atoms with Crippen LogP contribution in [0.25, 0.3) is 0 Å². The van der Waals surface area contributed by atoms with Gasteiger partial charge < -0.3 is 0 Å². The van der Waals surface area contributed by atoms with Crippen molar-refractivity contribution >= 4 is 15.1 Å². The quantitative estimate of drug-likeness (QED) is 0.482. The maximum Gasteiger partial charge on any atom is 0.124 e. The van der Waals surface area contributed by atoms with Crippen molar-refractivity contribution in [1.29, 1.82) is 0 Å². The fourth-order valence-electron chi connectivity index (χ4n) is 4.64. The first-order valence-electron chi connectivity index (χ1n) is 9.97. The Bertz CT molecular complexity index is 351. The molecule has 0 spiro atoms. The Kier molecular flexibility index (Phi) is 6.97. The molecule has 0 atom stereocenters. The maximum absolute atomic E-state index is 7.03. The predicted octanol–water partition coefficient (Wildman–Crippen LogP) is 7.23. The van der Waals surface area contributed by atoms with Crippen molar-refractivity contribution < 1.29 is 0 Å². The second-order valence-corrected chi connectivity index (χ2v) is 10.6. The van der Waals surface area contributed by atoms with Crippen LogP contribution in [-0.4, -0.2) is 15.1 Å². The number of hydrogen-bond acceptors (Lipinski definition) is 0. The molecular formula is C21H41B2. The lowest BCUT2D eigenvalue weighted by Crippen LogP contribution is -2.35. The van der Waals surface area contributed by atoms with Crippen LogP contribution >= 0.6 is 0 Å². The van der Waals surface area contributed by atoms with Gasteiger partial charge in [-0.25, -0.2) is 0 Å². The van der Waals surface area contributed by atoms with Crippen molar-refractivity contribution in [1.82, 2.24) is 0 Å². The smallest absolute Gasteiger partial charge is 0.0680 e. The Hall–Kier alpha value is 0.130. The molecule has 0 N–H and O–H groups in total. The Labute approximate surface area is 149 Å². The number of rotatable bonds is 3. The fourth-order valence-corrected chi connectivity index (χ4v) is 4.64. The van der Waals surface area contributed by atoms with Gasteiger partial charge in [-0.15, -0.1) is 0 Å². The first-order valence-corrected chi connectivity index (χ1v) is 9.97. The average Bonchev–Trinajstić information content (AvgIpc) is 2.36. The van der Waals surface area contributed by atoms with E-state index in [4.69, 9.17) is 7.85 Å². The van der Waals surface area contributed by atoms with Gasteiger partial charge >= 0.3 is 0 Å². The van der Waals surface area contributed by atoms with Gasteiger partial charge in [-0.2, -0.15) is 0 Å². The Morgan fingerprint density at radius 1 is 0.826 bits per heavy atom. The lowest BCUT2D eigenvalue weighted by Gasteiger charge is -2.49. The van der Waals surface area contributed by atoms with E-state index >= 15 is 0 Å². The van der Waals surface area contributed by atoms with Gasteiger partial charge in [0.2, 0.25) is 0 Å². The molecule has 0 aromatic heterocycles. The van der Waals surface area contributed by atoms with Gasteiger partial charge in [0, 0.05) is 0 Å². The molecule has 2 heteroatoms. The highest BCUT2D eigenvalue weighted by atomic mass is 14.4. The van der Waals surface area contributed by atoms with Crippen LogP contribution in [0.1, 0.15) is 107 Å². The van der Waals surface area contributed by atoms with Gasteiger partial charge in [0.25, 0.3) is 0 Å². The molecule has 1 aliphatic carbocycles. The first-order chi connectivity index (χ1) is 10.3. The summed E-state index contributed by atoms with van der Waals surface area (Å²) in [6.07, 6.45) is 10.3. The molecule has 0 bridgehead atoms. The molecule has 1 saturated carbocycles. The second-order valence-electron chi connectivity index (χ2n) is 10.6. The molecule has 0 aromatic rings. The summed E-state index contributed by atoms with van der Waals surface area (Å²) in [5.41, 5.74) is 0.529. The summed E-state index contributed by atoms with van der Waals surface area (Å²) in [5.74, 6) is 0.787. The summed E-state index contributed by atoms with van der Waals surface area (Å²) >= 11 is 0. The standard InChI is InChI=1S/C21H41B2/c1-17(2)20(8)13-9-11-15-21(22,16-12-10-14-20)19(6,7)23-18(3,4)5/h17H,9-16H2,1-8H3. The molecule has 3 radical (unpaired) electrons. The first kappa shape index (κ1) is 21.2. The Balaban J connectivity index is 2.81. The van der Waals surface area contributed by atoms with Crippen molar-refractivity contribution in [2.75, 3.05) is 0 Å². The van der Waals surface area contributed by atoms with Crippen molar-refractivity contribution in [2.24, 2.45) is 11.3 Å². The van der Waals surface area contributed by atoms with Crippen LogP contribution in [0, 0.1) is 11.3 Å². The molecule has 1 aliphatic rings. The maximum atomic E-state index is 7.03. The summed E-state index contributed by atoms with van der Waals surface area (Å²) in [6.45, 7) is 18.9. The van der Waals surface area contributed by atoms with Gasteiger partial charge in [0.05, 0.1) is 7.85 Å². The lowest BCUT2D eigenvalue weighted by molar-refractivity contribution is 0.159. The van der Waals surface area contributed by atoms with Crippen LogP contribution in [0.3, 0.4) is 0 Å². The topological polar surface area (TPSA) is 0 Å². The van der Waals surface area contributed by atoms with Gasteiger partial charge in [-0.1, -0.05) is 110 Å². The van der Waals surface area contributed by atoms with Gasteiger partial charge in [-0.05, 0) is 24.2 Å². The summed E-state index contributed by atoms with van der Waals surface area (Å²) in [4.78, 5) is 0. The minimum atomic E-state index is -0.0497. The predicted molar refractivity (Wildman–Crippen MR) is 108 cm³/mol. The SMILES string of the molecule is [B]C1(C(C)(C)[B]C(C)(C)C)CCCCC(C)(C(C)C)CCCC1. The zero-order valence-electron chi connectivity index (χ0n) is 17.4. The Morgan fingerprint density at radius 2 is 1.22 bits per heavy atom. The van der Waals surface area contributed by atoms with E-state index < -0.39 is 0 Å². The third kappa shape index (κ3) is 5.86. The minimum Gasteiger partial charge on any atom is -0.0680 e. The molecule has 0 aromatic carbocycles. The highest BCUT2D eigenvalue weighted by molar-refractivity contribution is 6.46. The van der Waals surface area contributed by atoms with Gasteiger partial charge in [-0.3, -0.25) is 0 Å². The van der Waals surface area contributed by atoms with Crippen LogP contribution in [0.4, 0.5) is 0 Å². The molecule has 0 saturated heterocycles. The van der Waals surface area contributed by atoms with E-state index in [0.717, 1.165) is 5.92 Å². The monoisotopic (exact) mass is 315 g/mol. The summed E-state index contributed by atoms with van der Waals surface area (Å²) in [6, 6.07) is 0. The van der Waals surface area contributed by atoms with Crippen LogP contribution in [0.15, 0.2) is 0 Å². The highest BCUT2D eigenvalue weighted by Crippen LogP contribution is 2.58. The molecule has 0 nitrogen and oxygen atoms in total. The third-order valence-electron chi connectivity index (χ3n) is 6.71. The summed E-state index contributed by atoms with van der Waals surface area (Å²) < 4.78 is 0. The third-order valence-corrected chi connectivity index (χ3v) is 6.71. The molecule has 1 rings (SSSR count). The van der Waals surface area contributed by atoms with Gasteiger partial charge in [0.15, 0.2) is 0 Å². The second kappa shape index (κ2) is 7.57. The largest absolute Gasteiger partial charge is 0.124 e. The number of hydrogen-bond donors (Lipinski definition) is 0. The lowest BCUT2D eigenvalue weighted by atomic mass is 9.30. The minimum absolute atomic E-state index is 0.0497. The molecule has 0 aliphatic heterocycles. The van der Waals surface area contributed by atoms with Crippen LogP contribution in [0.2, 0.25) is 15.9 Å². The van der Waals surface area contributed by atoms with Crippen molar-refractivity contribution in [3.63, 3.8) is 0 Å². The van der Waals surface area contributed by atoms with Crippen LogP contribution in [0.5, 0.6) is 0 Å². The van der Waals surface area contributed by atoms with E-state index in [1.807, 2.05) is 0 Å². The average molecular weight is 315 g/mol. The fraction of sp³-hybridized carbons (Fsp3) is 1.00. The summed E-state index contributed by atoms with van der Waals surface area (Å²) in [5, 5.41) is 0.263. The Morgan fingerprint density at radius 3 is 1.57 bits per heavy atom. The van der Waals surface area contributed by atoms with Crippen molar-refractivity contribution in [2.45, 2.75) is 123 Å². The van der Waals surface area contributed by atoms with E-state index in [0.29, 0.717) is 5.41 Å². The molecule has 0 unspecified atom stereocenters. The molecule has 0 heterocycles. The van der Waals surface area contributed by atoms with Crippen LogP contribution in [-0.2, 0) is 0 Å². The van der Waals surface area contributed by atoms with Crippen molar-refractivity contribution in [3.05, 3.63) is 0 Å². The van der Waals surface area contributed by atoms with Crippen LogP contribution < -0.4 is 0 Å². The molecule has 0 amide bonds. The zero-order valence-corrected chi connectivity index (χ0v) is 17.4. The van der Waals surface area contributed by atoms with E-state index in [9.17, 15) is 0 Å². The van der Waals surface area contributed by atoms with E-state index in [1.165, 1.54) is 51.4 Å². The molecule has 23 heavy (non-hydrogen) atoms. The van der Waals surface area contributed by atoms with E-state index in [-0.39, 0.29) is 15.9 Å².